The molecule has 0 aliphatic heterocycles. The van der Waals surface area contributed by atoms with Crippen LogP contribution in [0.2, 0.25) is 0 Å². The Bertz CT molecular complexity index is 385. The van der Waals surface area contributed by atoms with E-state index in [0.717, 1.165) is 19.3 Å². The highest BCUT2D eigenvalue weighted by Gasteiger charge is 2.26. The van der Waals surface area contributed by atoms with Crippen molar-refractivity contribution in [3.63, 3.8) is 0 Å². The Hall–Kier alpha value is -1.26. The van der Waals surface area contributed by atoms with Gasteiger partial charge in [-0.15, -0.1) is 0 Å². The number of nitrogens with one attached hydrogen (secondary N) is 1. The van der Waals surface area contributed by atoms with E-state index in [4.69, 9.17) is 9.47 Å². The molecule has 5 heteroatoms. The molecule has 0 saturated carbocycles. The monoisotopic (exact) mass is 399 g/mol. The lowest BCUT2D eigenvalue weighted by Crippen LogP contribution is -2.45. The number of alkyl carbamates (subject to hydrolysis) is 1. The predicted octanol–water partition coefficient (Wildman–Crippen LogP) is 6.39. The van der Waals surface area contributed by atoms with Crippen LogP contribution in [0, 0.1) is 5.92 Å². The first-order valence-electron chi connectivity index (χ1n) is 11.6. The van der Waals surface area contributed by atoms with Crippen molar-refractivity contribution in [3.05, 3.63) is 0 Å². The molecule has 0 rings (SSSR count). The van der Waals surface area contributed by atoms with Gasteiger partial charge in [-0.25, -0.2) is 9.59 Å². The molecule has 0 bridgehead atoms. The van der Waals surface area contributed by atoms with Crippen LogP contribution in [0.4, 0.5) is 4.79 Å². The summed E-state index contributed by atoms with van der Waals surface area (Å²) in [5.41, 5.74) is 0. The molecule has 0 aliphatic rings. The van der Waals surface area contributed by atoms with Crippen LogP contribution >= 0.6 is 0 Å². The van der Waals surface area contributed by atoms with Crippen molar-refractivity contribution in [2.75, 3.05) is 13.2 Å². The third-order valence-corrected chi connectivity index (χ3v) is 4.87. The van der Waals surface area contributed by atoms with Gasteiger partial charge in [-0.3, -0.25) is 0 Å². The van der Waals surface area contributed by atoms with E-state index in [2.05, 4.69) is 12.2 Å². The minimum Gasteiger partial charge on any atom is -0.464 e. The SMILES string of the molecule is CCCCCCCCCCCCCCOC(=O)C(NC(=O)OCCC)C(C)C. The van der Waals surface area contributed by atoms with Crippen LogP contribution in [0.15, 0.2) is 0 Å². The smallest absolute Gasteiger partial charge is 0.407 e. The van der Waals surface area contributed by atoms with Crippen LogP contribution in [0.5, 0.6) is 0 Å². The van der Waals surface area contributed by atoms with E-state index in [9.17, 15) is 9.59 Å². The van der Waals surface area contributed by atoms with Crippen molar-refractivity contribution < 1.29 is 19.1 Å². The van der Waals surface area contributed by atoms with Gasteiger partial charge >= 0.3 is 12.1 Å². The first kappa shape index (κ1) is 26.7. The van der Waals surface area contributed by atoms with Crippen LogP contribution in [-0.4, -0.2) is 31.3 Å². The minimum absolute atomic E-state index is 0.0383. The second-order valence-corrected chi connectivity index (χ2v) is 8.06. The molecule has 0 aliphatic carbocycles. The average molecular weight is 400 g/mol. The summed E-state index contributed by atoms with van der Waals surface area (Å²) in [6.45, 7) is 8.72. The van der Waals surface area contributed by atoms with E-state index in [-0.39, 0.29) is 11.9 Å². The Kier molecular flexibility index (Phi) is 18.2. The highest BCUT2D eigenvalue weighted by atomic mass is 16.6. The summed E-state index contributed by atoms with van der Waals surface area (Å²) >= 11 is 0. The van der Waals surface area contributed by atoms with Crippen LogP contribution in [0.1, 0.15) is 111 Å². The molecule has 0 saturated heterocycles. The van der Waals surface area contributed by atoms with E-state index >= 15 is 0 Å². The molecule has 1 N–H and O–H groups in total. The molecular weight excluding hydrogens is 354 g/mol. The van der Waals surface area contributed by atoms with Gasteiger partial charge in [-0.05, 0) is 18.8 Å². The fourth-order valence-electron chi connectivity index (χ4n) is 3.07. The lowest BCUT2D eigenvalue weighted by Gasteiger charge is -2.20. The number of ether oxygens (including phenoxy) is 2. The first-order chi connectivity index (χ1) is 13.5. The summed E-state index contributed by atoms with van der Waals surface area (Å²) in [7, 11) is 0. The quantitative estimate of drug-likeness (QED) is 0.214. The summed E-state index contributed by atoms with van der Waals surface area (Å²) in [6.07, 6.45) is 15.5. The third-order valence-electron chi connectivity index (χ3n) is 4.87. The number of rotatable bonds is 18. The number of carbonyl (C=O) groups is 2. The van der Waals surface area contributed by atoms with Crippen molar-refractivity contribution >= 4 is 12.1 Å². The maximum atomic E-state index is 12.2. The van der Waals surface area contributed by atoms with Crippen molar-refractivity contribution in [1.82, 2.24) is 5.32 Å². The van der Waals surface area contributed by atoms with Crippen molar-refractivity contribution in [3.8, 4) is 0 Å². The van der Waals surface area contributed by atoms with Crippen LogP contribution in [-0.2, 0) is 14.3 Å². The van der Waals surface area contributed by atoms with Gasteiger partial charge in [-0.1, -0.05) is 98.3 Å². The molecule has 166 valence electrons. The molecular formula is C23H45NO4. The summed E-state index contributed by atoms with van der Waals surface area (Å²) < 4.78 is 10.3. The molecule has 0 aromatic rings. The van der Waals surface area contributed by atoms with Gasteiger partial charge in [0.05, 0.1) is 13.2 Å². The maximum Gasteiger partial charge on any atom is 0.407 e. The lowest BCUT2D eigenvalue weighted by molar-refractivity contribution is -0.147. The van der Waals surface area contributed by atoms with Crippen molar-refractivity contribution in [2.45, 2.75) is 117 Å². The molecule has 0 heterocycles. The van der Waals surface area contributed by atoms with Crippen LogP contribution < -0.4 is 5.32 Å². The van der Waals surface area contributed by atoms with E-state index in [1.807, 2.05) is 20.8 Å². The number of esters is 1. The number of hydrogen-bond donors (Lipinski definition) is 1. The summed E-state index contributed by atoms with van der Waals surface area (Å²) in [5, 5.41) is 2.61. The Balaban J connectivity index is 3.66. The standard InChI is InChI=1S/C23H45NO4/c1-5-7-8-9-10-11-12-13-14-15-16-17-19-27-22(25)21(20(3)4)24-23(26)28-18-6-2/h20-21H,5-19H2,1-4H3,(H,24,26). The zero-order chi connectivity index (χ0) is 21.0. The van der Waals surface area contributed by atoms with Gasteiger partial charge in [0.2, 0.25) is 0 Å². The van der Waals surface area contributed by atoms with Crippen molar-refractivity contribution in [1.29, 1.82) is 0 Å². The van der Waals surface area contributed by atoms with E-state index < -0.39 is 12.1 Å². The summed E-state index contributed by atoms with van der Waals surface area (Å²) in [4.78, 5) is 23.9. The number of carbonyl (C=O) groups excluding carboxylic acids is 2. The van der Waals surface area contributed by atoms with Gasteiger partial charge in [0, 0.05) is 0 Å². The second kappa shape index (κ2) is 19.1. The summed E-state index contributed by atoms with van der Waals surface area (Å²) in [6, 6.07) is -0.651. The van der Waals surface area contributed by atoms with Crippen LogP contribution in [0.25, 0.3) is 0 Å². The first-order valence-corrected chi connectivity index (χ1v) is 11.6. The predicted molar refractivity (Wildman–Crippen MR) is 115 cm³/mol. The third kappa shape index (κ3) is 15.8. The second-order valence-electron chi connectivity index (χ2n) is 8.06. The Morgan fingerprint density at radius 1 is 0.679 bits per heavy atom. The molecule has 1 unspecified atom stereocenters. The Morgan fingerprint density at radius 3 is 1.64 bits per heavy atom. The molecule has 0 fully saturated rings. The zero-order valence-corrected chi connectivity index (χ0v) is 18.9. The van der Waals surface area contributed by atoms with Crippen LogP contribution in [0.3, 0.4) is 0 Å². The largest absolute Gasteiger partial charge is 0.464 e. The molecule has 1 atom stereocenters. The normalized spacial score (nSPS) is 12.0. The zero-order valence-electron chi connectivity index (χ0n) is 18.9. The fraction of sp³-hybridized carbons (Fsp3) is 0.913. The van der Waals surface area contributed by atoms with Gasteiger partial charge in [0.1, 0.15) is 6.04 Å². The Labute approximate surface area is 173 Å². The van der Waals surface area contributed by atoms with Crippen molar-refractivity contribution in [2.24, 2.45) is 5.92 Å². The molecule has 0 radical (unpaired) electrons. The highest BCUT2D eigenvalue weighted by Crippen LogP contribution is 2.12. The summed E-state index contributed by atoms with van der Waals surface area (Å²) in [5.74, 6) is -0.407. The van der Waals surface area contributed by atoms with E-state index in [1.165, 1.54) is 64.2 Å². The van der Waals surface area contributed by atoms with Gasteiger partial charge in [0.15, 0.2) is 0 Å². The fourth-order valence-corrected chi connectivity index (χ4v) is 3.07. The number of hydrogen-bond acceptors (Lipinski definition) is 4. The molecule has 5 nitrogen and oxygen atoms in total. The van der Waals surface area contributed by atoms with E-state index in [1.54, 1.807) is 0 Å². The van der Waals surface area contributed by atoms with Gasteiger partial charge in [0.25, 0.3) is 0 Å². The van der Waals surface area contributed by atoms with Gasteiger partial charge in [-0.2, -0.15) is 0 Å². The lowest BCUT2D eigenvalue weighted by atomic mass is 10.0. The topological polar surface area (TPSA) is 64.6 Å². The van der Waals surface area contributed by atoms with E-state index in [0.29, 0.717) is 13.2 Å². The minimum atomic E-state index is -0.651. The van der Waals surface area contributed by atoms with Gasteiger partial charge < -0.3 is 14.8 Å². The Morgan fingerprint density at radius 2 is 1.18 bits per heavy atom. The molecule has 1 amide bonds. The number of unbranched alkanes of at least 4 members (excludes halogenated alkanes) is 11. The molecule has 28 heavy (non-hydrogen) atoms. The number of amides is 1. The molecule has 0 spiro atoms. The molecule has 0 aromatic carbocycles. The maximum absolute atomic E-state index is 12.2. The average Bonchev–Trinajstić information content (AvgIpc) is 2.67. The molecule has 0 aromatic heterocycles. The highest BCUT2D eigenvalue weighted by molar-refractivity contribution is 5.81.